The Kier molecular flexibility index (Phi) is 4.92. The van der Waals surface area contributed by atoms with Crippen molar-refractivity contribution in [3.8, 4) is 5.75 Å². The zero-order valence-electron chi connectivity index (χ0n) is 12.4. The van der Waals surface area contributed by atoms with Crippen molar-refractivity contribution in [1.82, 2.24) is 4.90 Å². The third kappa shape index (κ3) is 3.26. The molecule has 1 heterocycles. The number of halogens is 1. The Morgan fingerprint density at radius 2 is 2.20 bits per heavy atom. The van der Waals surface area contributed by atoms with Crippen LogP contribution in [0.1, 0.15) is 37.0 Å². The Balaban J connectivity index is 2.20. The molecule has 0 N–H and O–H groups in total. The highest BCUT2D eigenvalue weighted by molar-refractivity contribution is 6.31. The van der Waals surface area contributed by atoms with Crippen LogP contribution in [0.5, 0.6) is 5.75 Å². The summed E-state index contributed by atoms with van der Waals surface area (Å²) in [5, 5.41) is 0.562. The second-order valence-electron chi connectivity index (χ2n) is 5.74. The van der Waals surface area contributed by atoms with E-state index in [1.165, 1.54) is 6.42 Å². The molecule has 0 saturated carbocycles. The fourth-order valence-corrected chi connectivity index (χ4v) is 2.93. The summed E-state index contributed by atoms with van der Waals surface area (Å²) in [5.74, 6) is 1.80. The number of carbonyl (C=O) groups excluding carboxylic acids is 1. The average molecular weight is 296 g/mol. The Bertz CT molecular complexity index is 487. The van der Waals surface area contributed by atoms with Crippen LogP contribution in [0, 0.1) is 11.8 Å². The first-order valence-electron chi connectivity index (χ1n) is 7.15. The average Bonchev–Trinajstić information content (AvgIpc) is 2.46. The Morgan fingerprint density at radius 1 is 1.45 bits per heavy atom. The van der Waals surface area contributed by atoms with E-state index in [1.54, 1.807) is 25.3 Å². The number of piperidine rings is 1. The SMILES string of the molecule is COc1ccc(Cl)cc1C(=O)N1CCC[C@H](C(C)C)C1. The number of ether oxygens (including phenoxy) is 1. The molecule has 4 heteroatoms. The van der Waals surface area contributed by atoms with Gasteiger partial charge in [-0.1, -0.05) is 25.4 Å². The Morgan fingerprint density at radius 3 is 2.85 bits per heavy atom. The maximum Gasteiger partial charge on any atom is 0.257 e. The Hall–Kier alpha value is -1.22. The summed E-state index contributed by atoms with van der Waals surface area (Å²) in [7, 11) is 1.58. The van der Waals surface area contributed by atoms with Crippen LogP contribution in [0.4, 0.5) is 0 Å². The van der Waals surface area contributed by atoms with E-state index < -0.39 is 0 Å². The molecule has 0 bridgehead atoms. The van der Waals surface area contributed by atoms with Gasteiger partial charge in [-0.25, -0.2) is 0 Å². The first-order valence-corrected chi connectivity index (χ1v) is 7.53. The van der Waals surface area contributed by atoms with Crippen molar-refractivity contribution in [3.63, 3.8) is 0 Å². The zero-order chi connectivity index (χ0) is 14.7. The largest absolute Gasteiger partial charge is 0.496 e. The van der Waals surface area contributed by atoms with E-state index >= 15 is 0 Å². The molecule has 1 aliphatic heterocycles. The van der Waals surface area contributed by atoms with E-state index in [4.69, 9.17) is 16.3 Å². The molecule has 3 nitrogen and oxygen atoms in total. The molecule has 110 valence electrons. The summed E-state index contributed by atoms with van der Waals surface area (Å²) < 4.78 is 5.28. The third-order valence-corrected chi connectivity index (χ3v) is 4.31. The molecule has 2 rings (SSSR count). The monoisotopic (exact) mass is 295 g/mol. The van der Waals surface area contributed by atoms with E-state index in [0.29, 0.717) is 28.2 Å². The second kappa shape index (κ2) is 6.49. The van der Waals surface area contributed by atoms with Gasteiger partial charge in [0.2, 0.25) is 0 Å². The van der Waals surface area contributed by atoms with Gasteiger partial charge in [0.15, 0.2) is 0 Å². The number of amides is 1. The standard InChI is InChI=1S/C16H22ClNO2/c1-11(2)12-5-4-8-18(10-12)16(19)14-9-13(17)6-7-15(14)20-3/h6-7,9,11-12H,4-5,8,10H2,1-3H3/t12-/m0/s1. The van der Waals surface area contributed by atoms with Crippen LogP contribution in [0.25, 0.3) is 0 Å². The van der Waals surface area contributed by atoms with Gasteiger partial charge in [0.05, 0.1) is 12.7 Å². The van der Waals surface area contributed by atoms with Gasteiger partial charge in [0, 0.05) is 18.1 Å². The summed E-state index contributed by atoms with van der Waals surface area (Å²) >= 11 is 6.01. The zero-order valence-corrected chi connectivity index (χ0v) is 13.1. The van der Waals surface area contributed by atoms with Crippen molar-refractivity contribution in [2.45, 2.75) is 26.7 Å². The number of hydrogen-bond acceptors (Lipinski definition) is 2. The molecule has 20 heavy (non-hydrogen) atoms. The quantitative estimate of drug-likeness (QED) is 0.847. The molecule has 0 aliphatic carbocycles. The topological polar surface area (TPSA) is 29.5 Å². The lowest BCUT2D eigenvalue weighted by atomic mass is 9.87. The number of nitrogens with zero attached hydrogens (tertiary/aromatic N) is 1. The summed E-state index contributed by atoms with van der Waals surface area (Å²) in [6.45, 7) is 6.08. The minimum absolute atomic E-state index is 0.0229. The van der Waals surface area contributed by atoms with Crippen molar-refractivity contribution in [2.24, 2.45) is 11.8 Å². The number of benzene rings is 1. The summed E-state index contributed by atoms with van der Waals surface area (Å²) in [4.78, 5) is 14.6. The van der Waals surface area contributed by atoms with Gasteiger partial charge in [0.25, 0.3) is 5.91 Å². The molecule has 0 aromatic heterocycles. The molecular weight excluding hydrogens is 274 g/mol. The second-order valence-corrected chi connectivity index (χ2v) is 6.18. The lowest BCUT2D eigenvalue weighted by Crippen LogP contribution is -2.41. The van der Waals surface area contributed by atoms with Gasteiger partial charge in [-0.15, -0.1) is 0 Å². The number of hydrogen-bond donors (Lipinski definition) is 0. The van der Waals surface area contributed by atoms with E-state index in [-0.39, 0.29) is 5.91 Å². The van der Waals surface area contributed by atoms with Gasteiger partial charge >= 0.3 is 0 Å². The van der Waals surface area contributed by atoms with Gasteiger partial charge in [0.1, 0.15) is 5.75 Å². The molecule has 0 radical (unpaired) electrons. The molecule has 1 saturated heterocycles. The van der Waals surface area contributed by atoms with Gasteiger partial charge in [-0.2, -0.15) is 0 Å². The van der Waals surface area contributed by atoms with Crippen LogP contribution in [0.3, 0.4) is 0 Å². The number of carbonyl (C=O) groups is 1. The first kappa shape index (κ1) is 15.2. The molecule has 0 spiro atoms. The van der Waals surface area contributed by atoms with Crippen molar-refractivity contribution in [2.75, 3.05) is 20.2 Å². The van der Waals surface area contributed by atoms with Crippen LogP contribution in [-0.4, -0.2) is 31.0 Å². The smallest absolute Gasteiger partial charge is 0.257 e. The van der Waals surface area contributed by atoms with Crippen LogP contribution in [0.15, 0.2) is 18.2 Å². The van der Waals surface area contributed by atoms with Crippen LogP contribution in [0.2, 0.25) is 5.02 Å². The third-order valence-electron chi connectivity index (χ3n) is 4.08. The summed E-state index contributed by atoms with van der Waals surface area (Å²) in [6, 6.07) is 5.19. The fraction of sp³-hybridized carbons (Fsp3) is 0.562. The Labute approximate surface area is 125 Å². The highest BCUT2D eigenvalue weighted by Crippen LogP contribution is 2.28. The van der Waals surface area contributed by atoms with E-state index in [9.17, 15) is 4.79 Å². The summed E-state index contributed by atoms with van der Waals surface area (Å²) in [5.41, 5.74) is 0.560. The van der Waals surface area contributed by atoms with E-state index in [2.05, 4.69) is 13.8 Å². The fourth-order valence-electron chi connectivity index (χ4n) is 2.76. The van der Waals surface area contributed by atoms with Crippen LogP contribution >= 0.6 is 11.6 Å². The molecule has 1 fully saturated rings. The molecule has 0 unspecified atom stereocenters. The van der Waals surface area contributed by atoms with Crippen molar-refractivity contribution < 1.29 is 9.53 Å². The highest BCUT2D eigenvalue weighted by Gasteiger charge is 2.27. The predicted molar refractivity (Wildman–Crippen MR) is 81.5 cm³/mol. The van der Waals surface area contributed by atoms with E-state index in [0.717, 1.165) is 19.5 Å². The number of methoxy groups -OCH3 is 1. The first-order chi connectivity index (χ1) is 9.52. The number of rotatable bonds is 3. The molecule has 1 aromatic rings. The maximum atomic E-state index is 12.7. The van der Waals surface area contributed by atoms with Crippen molar-refractivity contribution in [1.29, 1.82) is 0 Å². The highest BCUT2D eigenvalue weighted by atomic mass is 35.5. The molecule has 1 amide bonds. The van der Waals surface area contributed by atoms with Gasteiger partial charge in [-0.3, -0.25) is 4.79 Å². The van der Waals surface area contributed by atoms with Crippen molar-refractivity contribution in [3.05, 3.63) is 28.8 Å². The van der Waals surface area contributed by atoms with Crippen LogP contribution < -0.4 is 4.74 Å². The molecule has 1 aliphatic rings. The number of likely N-dealkylation sites (tertiary alicyclic amines) is 1. The van der Waals surface area contributed by atoms with E-state index in [1.807, 2.05) is 4.90 Å². The molecule has 1 aromatic carbocycles. The lowest BCUT2D eigenvalue weighted by molar-refractivity contribution is 0.0638. The molecular formula is C16H22ClNO2. The van der Waals surface area contributed by atoms with Gasteiger partial charge in [-0.05, 0) is 42.9 Å². The maximum absolute atomic E-state index is 12.7. The molecule has 1 atom stereocenters. The summed E-state index contributed by atoms with van der Waals surface area (Å²) in [6.07, 6.45) is 2.27. The minimum Gasteiger partial charge on any atom is -0.496 e. The van der Waals surface area contributed by atoms with Gasteiger partial charge < -0.3 is 9.64 Å². The van der Waals surface area contributed by atoms with Crippen LogP contribution in [-0.2, 0) is 0 Å². The normalized spacial score (nSPS) is 19.2. The minimum atomic E-state index is 0.0229. The lowest BCUT2D eigenvalue weighted by Gasteiger charge is -2.35. The van der Waals surface area contributed by atoms with Crippen molar-refractivity contribution >= 4 is 17.5 Å². The predicted octanol–water partition coefficient (Wildman–Crippen LogP) is 3.86.